The summed E-state index contributed by atoms with van der Waals surface area (Å²) in [5.74, 6) is -0.926. The molecule has 0 bridgehead atoms. The largest absolute Gasteiger partial charge is 0.463 e. The van der Waals surface area contributed by atoms with Crippen LogP contribution in [0, 0.1) is 0 Å². The number of amides is 2. The maximum atomic E-state index is 12.1. The number of carbonyl (C=O) groups excluding carboxylic acids is 3. The Balaban J connectivity index is 1.74. The van der Waals surface area contributed by atoms with Gasteiger partial charge in [-0.1, -0.05) is 42.5 Å². The molecule has 2 aromatic carbocycles. The Labute approximate surface area is 152 Å². The van der Waals surface area contributed by atoms with Gasteiger partial charge in [0.05, 0.1) is 25.5 Å². The molecule has 138 valence electrons. The van der Waals surface area contributed by atoms with Crippen LogP contribution in [0.1, 0.15) is 25.8 Å². The van der Waals surface area contributed by atoms with Crippen molar-refractivity contribution in [2.75, 3.05) is 13.1 Å². The Hall–Kier alpha value is -2.89. The molecule has 2 aromatic rings. The molecular weight excluding hydrogens is 332 g/mol. The summed E-state index contributed by atoms with van der Waals surface area (Å²) < 4.78 is 4.97. The van der Waals surface area contributed by atoms with Crippen LogP contribution in [0.15, 0.2) is 42.5 Å². The second-order valence-corrected chi connectivity index (χ2v) is 6.23. The molecule has 0 heterocycles. The molecule has 0 saturated carbocycles. The molecule has 0 aliphatic carbocycles. The Bertz CT molecular complexity index is 781. The van der Waals surface area contributed by atoms with Gasteiger partial charge in [0.2, 0.25) is 11.8 Å². The quantitative estimate of drug-likeness (QED) is 0.708. The maximum absolute atomic E-state index is 12.1. The van der Waals surface area contributed by atoms with Crippen LogP contribution in [-0.4, -0.2) is 37.0 Å². The molecule has 0 atom stereocenters. The topological polar surface area (TPSA) is 84.5 Å². The van der Waals surface area contributed by atoms with E-state index in [1.807, 2.05) is 42.5 Å². The van der Waals surface area contributed by atoms with Gasteiger partial charge < -0.3 is 15.4 Å². The molecule has 0 saturated heterocycles. The third kappa shape index (κ3) is 6.20. The molecule has 2 amide bonds. The molecule has 0 aliphatic rings. The number of esters is 1. The van der Waals surface area contributed by atoms with Crippen LogP contribution in [-0.2, 0) is 25.5 Å². The second kappa shape index (κ2) is 9.56. The highest BCUT2D eigenvalue weighted by atomic mass is 16.5. The van der Waals surface area contributed by atoms with E-state index >= 15 is 0 Å². The van der Waals surface area contributed by atoms with E-state index in [-0.39, 0.29) is 49.8 Å². The van der Waals surface area contributed by atoms with Crippen molar-refractivity contribution in [1.29, 1.82) is 0 Å². The average molecular weight is 356 g/mol. The minimum Gasteiger partial charge on any atom is -0.463 e. The van der Waals surface area contributed by atoms with Crippen molar-refractivity contribution in [1.82, 2.24) is 10.6 Å². The minimum absolute atomic E-state index is 0.105. The summed E-state index contributed by atoms with van der Waals surface area (Å²) in [4.78, 5) is 35.2. The molecule has 0 spiro atoms. The maximum Gasteiger partial charge on any atom is 0.307 e. The van der Waals surface area contributed by atoms with E-state index in [1.54, 1.807) is 13.8 Å². The molecule has 0 aliphatic heterocycles. The zero-order chi connectivity index (χ0) is 18.9. The molecule has 2 rings (SSSR count). The number of benzene rings is 2. The fraction of sp³-hybridized carbons (Fsp3) is 0.350. The van der Waals surface area contributed by atoms with E-state index in [4.69, 9.17) is 4.74 Å². The van der Waals surface area contributed by atoms with Gasteiger partial charge in [-0.3, -0.25) is 14.4 Å². The van der Waals surface area contributed by atoms with Gasteiger partial charge >= 0.3 is 5.97 Å². The first-order chi connectivity index (χ1) is 12.5. The van der Waals surface area contributed by atoms with Gasteiger partial charge in [-0.15, -0.1) is 0 Å². The van der Waals surface area contributed by atoms with Gasteiger partial charge in [0, 0.05) is 6.54 Å². The Morgan fingerprint density at radius 1 is 0.962 bits per heavy atom. The SMILES string of the molecule is CC(C)OC(=O)CCNC(=O)CNC(=O)Cc1cccc2ccccc12. The lowest BCUT2D eigenvalue weighted by Gasteiger charge is -2.10. The zero-order valence-electron chi connectivity index (χ0n) is 15.1. The summed E-state index contributed by atoms with van der Waals surface area (Å²) in [7, 11) is 0. The Morgan fingerprint density at radius 3 is 2.46 bits per heavy atom. The first kappa shape index (κ1) is 19.4. The highest BCUT2D eigenvalue weighted by molar-refractivity contribution is 5.91. The lowest BCUT2D eigenvalue weighted by molar-refractivity contribution is -0.147. The predicted molar refractivity (Wildman–Crippen MR) is 99.5 cm³/mol. The minimum atomic E-state index is -0.361. The molecule has 26 heavy (non-hydrogen) atoms. The van der Waals surface area contributed by atoms with E-state index in [1.165, 1.54) is 0 Å². The van der Waals surface area contributed by atoms with Crippen LogP contribution >= 0.6 is 0 Å². The van der Waals surface area contributed by atoms with Crippen molar-refractivity contribution >= 4 is 28.6 Å². The van der Waals surface area contributed by atoms with Crippen LogP contribution in [0.25, 0.3) is 10.8 Å². The first-order valence-electron chi connectivity index (χ1n) is 8.65. The number of rotatable bonds is 8. The lowest BCUT2D eigenvalue weighted by Crippen LogP contribution is -2.38. The summed E-state index contributed by atoms with van der Waals surface area (Å²) in [6.45, 7) is 3.59. The van der Waals surface area contributed by atoms with E-state index in [0.717, 1.165) is 16.3 Å². The lowest BCUT2D eigenvalue weighted by atomic mass is 10.0. The van der Waals surface area contributed by atoms with Crippen molar-refractivity contribution in [3.05, 3.63) is 48.0 Å². The van der Waals surface area contributed by atoms with Crippen LogP contribution < -0.4 is 10.6 Å². The van der Waals surface area contributed by atoms with Crippen molar-refractivity contribution in [2.24, 2.45) is 0 Å². The van der Waals surface area contributed by atoms with Crippen LogP contribution in [0.5, 0.6) is 0 Å². The third-order valence-corrected chi connectivity index (χ3v) is 3.70. The van der Waals surface area contributed by atoms with Crippen molar-refractivity contribution in [3.8, 4) is 0 Å². The fourth-order valence-electron chi connectivity index (χ4n) is 2.55. The number of carbonyl (C=O) groups is 3. The van der Waals surface area contributed by atoms with E-state index in [0.29, 0.717) is 0 Å². The predicted octanol–water partition coefficient (Wildman–Crippen LogP) is 1.96. The summed E-state index contributed by atoms with van der Waals surface area (Å²) >= 11 is 0. The van der Waals surface area contributed by atoms with Gasteiger partial charge in [0.1, 0.15) is 0 Å². The van der Waals surface area contributed by atoms with Gasteiger partial charge in [0.15, 0.2) is 0 Å². The van der Waals surface area contributed by atoms with Crippen molar-refractivity contribution in [3.63, 3.8) is 0 Å². The van der Waals surface area contributed by atoms with Crippen LogP contribution in [0.3, 0.4) is 0 Å². The number of hydrogen-bond donors (Lipinski definition) is 2. The summed E-state index contributed by atoms with van der Waals surface area (Å²) in [5, 5.41) is 7.28. The molecule has 0 unspecified atom stereocenters. The third-order valence-electron chi connectivity index (χ3n) is 3.70. The van der Waals surface area contributed by atoms with E-state index in [2.05, 4.69) is 10.6 Å². The smallest absolute Gasteiger partial charge is 0.307 e. The van der Waals surface area contributed by atoms with Crippen molar-refractivity contribution in [2.45, 2.75) is 32.8 Å². The van der Waals surface area contributed by atoms with Gasteiger partial charge in [-0.2, -0.15) is 0 Å². The molecule has 0 radical (unpaired) electrons. The van der Waals surface area contributed by atoms with Gasteiger partial charge in [-0.05, 0) is 30.2 Å². The van der Waals surface area contributed by atoms with Gasteiger partial charge in [-0.25, -0.2) is 0 Å². The van der Waals surface area contributed by atoms with E-state index in [9.17, 15) is 14.4 Å². The number of nitrogens with one attached hydrogen (secondary N) is 2. The fourth-order valence-corrected chi connectivity index (χ4v) is 2.55. The number of hydrogen-bond acceptors (Lipinski definition) is 4. The summed E-state index contributed by atoms with van der Waals surface area (Å²) in [6, 6.07) is 13.7. The molecule has 6 nitrogen and oxygen atoms in total. The van der Waals surface area contributed by atoms with E-state index < -0.39 is 0 Å². The molecule has 0 aromatic heterocycles. The van der Waals surface area contributed by atoms with Gasteiger partial charge in [0.25, 0.3) is 0 Å². The molecular formula is C20H24N2O4. The highest BCUT2D eigenvalue weighted by Crippen LogP contribution is 2.18. The zero-order valence-corrected chi connectivity index (χ0v) is 15.1. The Morgan fingerprint density at radius 2 is 1.69 bits per heavy atom. The standard InChI is InChI=1S/C20H24N2O4/c1-14(2)26-20(25)10-11-21-19(24)13-22-18(23)12-16-8-5-7-15-6-3-4-9-17(15)16/h3-9,14H,10-13H2,1-2H3,(H,21,24)(H,22,23). The summed E-state index contributed by atoms with van der Waals surface area (Å²) in [6.07, 6.45) is 0.134. The van der Waals surface area contributed by atoms with Crippen molar-refractivity contribution < 1.29 is 19.1 Å². The van der Waals surface area contributed by atoms with Crippen LogP contribution in [0.2, 0.25) is 0 Å². The molecule has 0 fully saturated rings. The normalized spacial score (nSPS) is 10.6. The average Bonchev–Trinajstić information content (AvgIpc) is 2.60. The Kier molecular flexibility index (Phi) is 7.14. The highest BCUT2D eigenvalue weighted by Gasteiger charge is 2.10. The number of ether oxygens (including phenoxy) is 1. The second-order valence-electron chi connectivity index (χ2n) is 6.23. The molecule has 2 N–H and O–H groups in total. The van der Waals surface area contributed by atoms with Crippen LogP contribution in [0.4, 0.5) is 0 Å². The monoisotopic (exact) mass is 356 g/mol. The number of fused-ring (bicyclic) bond motifs is 1. The summed E-state index contributed by atoms with van der Waals surface area (Å²) in [5.41, 5.74) is 0.914. The molecule has 6 heteroatoms. The first-order valence-corrected chi connectivity index (χ1v) is 8.65.